The predicted octanol–water partition coefficient (Wildman–Crippen LogP) is 2.25. The van der Waals surface area contributed by atoms with Crippen molar-refractivity contribution in [2.75, 3.05) is 18.0 Å². The summed E-state index contributed by atoms with van der Waals surface area (Å²) in [7, 11) is 0. The number of hydrogen-bond acceptors (Lipinski definition) is 4. The van der Waals surface area contributed by atoms with Gasteiger partial charge in [-0.15, -0.1) is 0 Å². The summed E-state index contributed by atoms with van der Waals surface area (Å²) in [5, 5.41) is 2.67. The Bertz CT molecular complexity index is 759. The highest BCUT2D eigenvalue weighted by atomic mass is 19.4. The monoisotopic (exact) mass is 340 g/mol. The Labute approximate surface area is 134 Å². The lowest BCUT2D eigenvalue weighted by Crippen LogP contribution is -2.59. The molecular weight excluding hydrogens is 328 g/mol. The number of hydrogen-bond donors (Lipinski definition) is 1. The first kappa shape index (κ1) is 16.2. The summed E-state index contributed by atoms with van der Waals surface area (Å²) < 4.78 is 51.1. The average Bonchev–Trinajstić information content (AvgIpc) is 2.49. The third-order valence-corrected chi connectivity index (χ3v) is 3.58. The highest BCUT2D eigenvalue weighted by molar-refractivity contribution is 5.94. The van der Waals surface area contributed by atoms with Crippen LogP contribution in [0.3, 0.4) is 0 Å². The molecule has 1 aliphatic heterocycles. The molecule has 0 unspecified atom stereocenters. The van der Waals surface area contributed by atoms with Crippen molar-refractivity contribution in [1.82, 2.24) is 15.3 Å². The number of carbonyl (C=O) groups excluding carboxylic acids is 1. The molecule has 0 bridgehead atoms. The van der Waals surface area contributed by atoms with Crippen LogP contribution in [0.15, 0.2) is 36.8 Å². The summed E-state index contributed by atoms with van der Waals surface area (Å²) in [6, 6.07) is 2.68. The Hall–Kier alpha value is -2.71. The number of pyridine rings is 2. The summed E-state index contributed by atoms with van der Waals surface area (Å²) in [5.41, 5.74) is -0.684. The zero-order chi connectivity index (χ0) is 17.3. The van der Waals surface area contributed by atoms with Gasteiger partial charge in [0.15, 0.2) is 0 Å². The molecule has 1 amide bonds. The maximum atomic E-state index is 13.0. The van der Waals surface area contributed by atoms with E-state index in [4.69, 9.17) is 0 Å². The summed E-state index contributed by atoms with van der Waals surface area (Å²) >= 11 is 0. The summed E-state index contributed by atoms with van der Waals surface area (Å²) in [5.74, 6) is -0.905. The van der Waals surface area contributed by atoms with Gasteiger partial charge in [-0.25, -0.2) is 9.37 Å². The van der Waals surface area contributed by atoms with E-state index in [9.17, 15) is 22.4 Å². The minimum Gasteiger partial charge on any atom is -0.352 e. The van der Waals surface area contributed by atoms with E-state index in [1.54, 1.807) is 4.90 Å². The number of halogens is 4. The van der Waals surface area contributed by atoms with Gasteiger partial charge in [0.25, 0.3) is 5.91 Å². The Kier molecular flexibility index (Phi) is 4.08. The normalized spacial score (nSPS) is 15.1. The molecule has 1 aliphatic rings. The standard InChI is InChI=1S/C15H12F4N4O/c16-11-3-9(5-20-6-11)14(24)22-12-7-23(8-12)13-4-10(1-2-21-13)15(17,18)19/h1-6,12H,7-8H2,(H,22,24). The van der Waals surface area contributed by atoms with Crippen LogP contribution in [-0.4, -0.2) is 35.0 Å². The Morgan fingerprint density at radius 2 is 2.00 bits per heavy atom. The predicted molar refractivity (Wildman–Crippen MR) is 76.9 cm³/mol. The number of carbonyl (C=O) groups is 1. The van der Waals surface area contributed by atoms with Crippen molar-refractivity contribution >= 4 is 11.7 Å². The Morgan fingerprint density at radius 3 is 2.67 bits per heavy atom. The molecule has 2 aromatic heterocycles. The van der Waals surface area contributed by atoms with E-state index in [1.807, 2.05) is 0 Å². The molecule has 1 fully saturated rings. The quantitative estimate of drug-likeness (QED) is 0.871. The van der Waals surface area contributed by atoms with Crippen LogP contribution in [0.5, 0.6) is 0 Å². The number of nitrogens with one attached hydrogen (secondary N) is 1. The second-order valence-corrected chi connectivity index (χ2v) is 5.37. The minimum atomic E-state index is -4.43. The van der Waals surface area contributed by atoms with Crippen molar-refractivity contribution in [3.63, 3.8) is 0 Å². The van der Waals surface area contributed by atoms with Crippen molar-refractivity contribution in [2.24, 2.45) is 0 Å². The molecule has 1 N–H and O–H groups in total. The van der Waals surface area contributed by atoms with Gasteiger partial charge in [0, 0.05) is 25.5 Å². The largest absolute Gasteiger partial charge is 0.416 e. The van der Waals surface area contributed by atoms with Crippen molar-refractivity contribution in [2.45, 2.75) is 12.2 Å². The molecule has 9 heteroatoms. The van der Waals surface area contributed by atoms with Crippen molar-refractivity contribution in [1.29, 1.82) is 0 Å². The summed E-state index contributed by atoms with van der Waals surface area (Å²) in [4.78, 5) is 21.0. The lowest BCUT2D eigenvalue weighted by molar-refractivity contribution is -0.137. The number of amides is 1. The van der Waals surface area contributed by atoms with Gasteiger partial charge in [0.05, 0.1) is 23.4 Å². The molecule has 126 valence electrons. The fourth-order valence-corrected chi connectivity index (χ4v) is 2.33. The van der Waals surface area contributed by atoms with Gasteiger partial charge in [-0.2, -0.15) is 13.2 Å². The molecule has 2 aromatic rings. The first-order valence-electron chi connectivity index (χ1n) is 7.02. The zero-order valence-electron chi connectivity index (χ0n) is 12.2. The summed E-state index contributed by atoms with van der Waals surface area (Å²) in [6.07, 6.45) is -1.10. The van der Waals surface area contributed by atoms with Gasteiger partial charge in [-0.1, -0.05) is 0 Å². The summed E-state index contributed by atoms with van der Waals surface area (Å²) in [6.45, 7) is 0.644. The van der Waals surface area contributed by atoms with Crippen LogP contribution in [-0.2, 0) is 6.18 Å². The van der Waals surface area contributed by atoms with Crippen LogP contribution in [0.1, 0.15) is 15.9 Å². The van der Waals surface area contributed by atoms with E-state index in [2.05, 4.69) is 15.3 Å². The lowest BCUT2D eigenvalue weighted by atomic mass is 10.1. The van der Waals surface area contributed by atoms with E-state index < -0.39 is 23.5 Å². The van der Waals surface area contributed by atoms with Gasteiger partial charge >= 0.3 is 6.18 Å². The zero-order valence-corrected chi connectivity index (χ0v) is 12.2. The SMILES string of the molecule is O=C(NC1CN(c2cc(C(F)(F)F)ccn2)C1)c1cncc(F)c1. The van der Waals surface area contributed by atoms with Crippen LogP contribution in [0, 0.1) is 5.82 Å². The molecule has 0 radical (unpaired) electrons. The van der Waals surface area contributed by atoms with Crippen LogP contribution in [0.4, 0.5) is 23.4 Å². The van der Waals surface area contributed by atoms with Gasteiger partial charge in [-0.3, -0.25) is 9.78 Å². The molecule has 0 aliphatic carbocycles. The molecule has 3 rings (SSSR count). The fourth-order valence-electron chi connectivity index (χ4n) is 2.33. The maximum Gasteiger partial charge on any atom is 0.416 e. The molecule has 24 heavy (non-hydrogen) atoms. The topological polar surface area (TPSA) is 58.1 Å². The van der Waals surface area contributed by atoms with E-state index in [0.29, 0.717) is 13.1 Å². The van der Waals surface area contributed by atoms with Crippen molar-refractivity contribution < 1.29 is 22.4 Å². The number of rotatable bonds is 3. The van der Waals surface area contributed by atoms with Crippen LogP contribution < -0.4 is 10.2 Å². The van der Waals surface area contributed by atoms with E-state index in [-0.39, 0.29) is 17.4 Å². The van der Waals surface area contributed by atoms with Gasteiger partial charge < -0.3 is 10.2 Å². The first-order chi connectivity index (χ1) is 11.3. The number of aromatic nitrogens is 2. The van der Waals surface area contributed by atoms with Gasteiger partial charge in [0.2, 0.25) is 0 Å². The van der Waals surface area contributed by atoms with Crippen molar-refractivity contribution in [3.8, 4) is 0 Å². The second-order valence-electron chi connectivity index (χ2n) is 5.37. The van der Waals surface area contributed by atoms with Gasteiger partial charge in [0.1, 0.15) is 11.6 Å². The highest BCUT2D eigenvalue weighted by Gasteiger charge is 2.34. The third kappa shape index (κ3) is 3.44. The molecule has 3 heterocycles. The smallest absolute Gasteiger partial charge is 0.352 e. The van der Waals surface area contributed by atoms with Crippen LogP contribution in [0.2, 0.25) is 0 Å². The minimum absolute atomic E-state index is 0.0886. The molecule has 1 saturated heterocycles. The van der Waals surface area contributed by atoms with E-state index in [1.165, 1.54) is 6.20 Å². The highest BCUT2D eigenvalue weighted by Crippen LogP contribution is 2.31. The fraction of sp³-hybridized carbons (Fsp3) is 0.267. The molecular formula is C15H12F4N4O. The first-order valence-corrected chi connectivity index (χ1v) is 7.02. The number of anilines is 1. The number of nitrogens with zero attached hydrogens (tertiary/aromatic N) is 3. The van der Waals surface area contributed by atoms with E-state index in [0.717, 1.165) is 30.6 Å². The van der Waals surface area contributed by atoms with Crippen molar-refractivity contribution in [3.05, 3.63) is 53.7 Å². The van der Waals surface area contributed by atoms with Crippen LogP contribution >= 0.6 is 0 Å². The average molecular weight is 340 g/mol. The van der Waals surface area contributed by atoms with Gasteiger partial charge in [-0.05, 0) is 18.2 Å². The Morgan fingerprint density at radius 1 is 1.25 bits per heavy atom. The Balaban J connectivity index is 1.59. The number of alkyl halides is 3. The third-order valence-electron chi connectivity index (χ3n) is 3.58. The lowest BCUT2D eigenvalue weighted by Gasteiger charge is -2.40. The molecule has 0 spiro atoms. The second kappa shape index (κ2) is 6.06. The molecule has 0 atom stereocenters. The molecule has 0 aromatic carbocycles. The molecule has 0 saturated carbocycles. The maximum absolute atomic E-state index is 13.0. The molecule has 5 nitrogen and oxygen atoms in total. The van der Waals surface area contributed by atoms with Crippen LogP contribution in [0.25, 0.3) is 0 Å². The van der Waals surface area contributed by atoms with E-state index >= 15 is 0 Å².